The van der Waals surface area contributed by atoms with Crippen LogP contribution in [0.2, 0.25) is 0 Å². The van der Waals surface area contributed by atoms with Gasteiger partial charge in [-0.3, -0.25) is 0 Å². The third-order valence-electron chi connectivity index (χ3n) is 3.06. The molecule has 0 radical (unpaired) electrons. The van der Waals surface area contributed by atoms with E-state index in [9.17, 15) is 0 Å². The van der Waals surface area contributed by atoms with Crippen molar-refractivity contribution in [1.29, 1.82) is 0 Å². The molecule has 1 aromatic heterocycles. The van der Waals surface area contributed by atoms with Crippen LogP contribution >= 0.6 is 0 Å². The number of aromatic nitrogens is 2. The van der Waals surface area contributed by atoms with Gasteiger partial charge in [0, 0.05) is 24.4 Å². The second kappa shape index (κ2) is 5.14. The number of benzene rings is 1. The predicted molar refractivity (Wildman–Crippen MR) is 69.9 cm³/mol. The fourth-order valence-electron chi connectivity index (χ4n) is 2.08. The van der Waals surface area contributed by atoms with Crippen LogP contribution in [0, 0.1) is 0 Å². The summed E-state index contributed by atoms with van der Waals surface area (Å²) in [5.41, 5.74) is 2.05. The van der Waals surface area contributed by atoms with Gasteiger partial charge in [0.15, 0.2) is 0 Å². The van der Waals surface area contributed by atoms with E-state index in [0.29, 0.717) is 11.9 Å². The van der Waals surface area contributed by atoms with E-state index in [0.717, 1.165) is 31.0 Å². The number of para-hydroxylation sites is 1. The van der Waals surface area contributed by atoms with Gasteiger partial charge in [-0.1, -0.05) is 18.2 Å². The van der Waals surface area contributed by atoms with Crippen molar-refractivity contribution in [2.75, 3.05) is 18.5 Å². The van der Waals surface area contributed by atoms with Crippen molar-refractivity contribution >= 4 is 11.6 Å². The molecule has 1 N–H and O–H groups in total. The maximum atomic E-state index is 5.39. The average Bonchev–Trinajstić information content (AvgIpc) is 2.94. The number of hydrogen-bond acceptors (Lipinski definition) is 4. The Labute approximate surface area is 106 Å². The Bertz CT molecular complexity index is 509. The molecule has 4 nitrogen and oxygen atoms in total. The van der Waals surface area contributed by atoms with Crippen molar-refractivity contribution in [3.63, 3.8) is 0 Å². The van der Waals surface area contributed by atoms with Crippen molar-refractivity contribution in [2.45, 2.75) is 12.3 Å². The molecule has 1 atom stereocenters. The van der Waals surface area contributed by atoms with Crippen LogP contribution < -0.4 is 5.32 Å². The van der Waals surface area contributed by atoms with Gasteiger partial charge in [-0.25, -0.2) is 9.97 Å². The quantitative estimate of drug-likeness (QED) is 0.897. The summed E-state index contributed by atoms with van der Waals surface area (Å²) < 4.78 is 5.39. The van der Waals surface area contributed by atoms with Crippen LogP contribution in [0.3, 0.4) is 0 Å². The van der Waals surface area contributed by atoms with Crippen LogP contribution in [0.25, 0.3) is 0 Å². The molecule has 0 amide bonds. The Morgan fingerprint density at radius 2 is 2.06 bits per heavy atom. The van der Waals surface area contributed by atoms with Gasteiger partial charge in [0.05, 0.1) is 12.3 Å². The molecule has 0 saturated carbocycles. The smallest absolute Gasteiger partial charge is 0.227 e. The number of hydrogen-bond donors (Lipinski definition) is 1. The molecular formula is C14H15N3O. The summed E-state index contributed by atoms with van der Waals surface area (Å²) in [5.74, 6) is 1.05. The summed E-state index contributed by atoms with van der Waals surface area (Å²) in [7, 11) is 0. The summed E-state index contributed by atoms with van der Waals surface area (Å²) in [4.78, 5) is 8.79. The van der Waals surface area contributed by atoms with Crippen molar-refractivity contribution in [2.24, 2.45) is 0 Å². The number of anilines is 2. The molecule has 1 fully saturated rings. The number of ether oxygens (including phenoxy) is 1. The summed E-state index contributed by atoms with van der Waals surface area (Å²) in [6, 6.07) is 11.9. The Morgan fingerprint density at radius 1 is 1.17 bits per heavy atom. The van der Waals surface area contributed by atoms with E-state index >= 15 is 0 Å². The molecule has 0 spiro atoms. The zero-order chi connectivity index (χ0) is 12.2. The highest BCUT2D eigenvalue weighted by Crippen LogP contribution is 2.24. The third kappa shape index (κ3) is 2.49. The first kappa shape index (κ1) is 11.2. The zero-order valence-electron chi connectivity index (χ0n) is 10.0. The maximum absolute atomic E-state index is 5.39. The molecule has 3 rings (SSSR count). The van der Waals surface area contributed by atoms with Crippen molar-refractivity contribution < 1.29 is 4.74 Å². The van der Waals surface area contributed by atoms with Crippen molar-refractivity contribution in [3.05, 3.63) is 48.3 Å². The molecule has 1 saturated heterocycles. The van der Waals surface area contributed by atoms with Gasteiger partial charge in [-0.05, 0) is 24.6 Å². The summed E-state index contributed by atoms with van der Waals surface area (Å²) in [5, 5.41) is 3.20. The molecule has 1 aliphatic heterocycles. The molecule has 1 aliphatic rings. The highest BCUT2D eigenvalue weighted by molar-refractivity contribution is 5.52. The van der Waals surface area contributed by atoms with Crippen LogP contribution in [0.15, 0.2) is 42.6 Å². The molecule has 18 heavy (non-hydrogen) atoms. The minimum atomic E-state index is 0.407. The molecule has 0 bridgehead atoms. The van der Waals surface area contributed by atoms with E-state index in [-0.39, 0.29) is 0 Å². The normalized spacial score (nSPS) is 18.8. The first-order chi connectivity index (χ1) is 8.92. The molecule has 1 aromatic carbocycles. The van der Waals surface area contributed by atoms with Crippen molar-refractivity contribution in [1.82, 2.24) is 9.97 Å². The molecule has 92 valence electrons. The summed E-state index contributed by atoms with van der Waals surface area (Å²) >= 11 is 0. The van der Waals surface area contributed by atoms with Gasteiger partial charge in [0.1, 0.15) is 0 Å². The Balaban J connectivity index is 1.78. The predicted octanol–water partition coefficient (Wildman–Crippen LogP) is 2.72. The highest BCUT2D eigenvalue weighted by Gasteiger charge is 2.19. The Kier molecular flexibility index (Phi) is 3.19. The third-order valence-corrected chi connectivity index (χ3v) is 3.06. The number of rotatable bonds is 3. The van der Waals surface area contributed by atoms with Crippen LogP contribution in [0.5, 0.6) is 0 Å². The SMILES string of the molecule is c1ccc(Nc2nccc(C3CCOC3)n2)cc1. The Hall–Kier alpha value is -1.94. The van der Waals surface area contributed by atoms with Crippen LogP contribution in [-0.4, -0.2) is 23.2 Å². The lowest BCUT2D eigenvalue weighted by Crippen LogP contribution is -2.04. The van der Waals surface area contributed by atoms with Gasteiger partial charge in [-0.2, -0.15) is 0 Å². The lowest BCUT2D eigenvalue weighted by atomic mass is 10.1. The molecular weight excluding hydrogens is 226 g/mol. The molecule has 0 aliphatic carbocycles. The van der Waals surface area contributed by atoms with E-state index in [4.69, 9.17) is 4.74 Å². The molecule has 2 aromatic rings. The van der Waals surface area contributed by atoms with Crippen LogP contribution in [0.4, 0.5) is 11.6 Å². The lowest BCUT2D eigenvalue weighted by Gasteiger charge is -2.09. The van der Waals surface area contributed by atoms with E-state index in [1.165, 1.54) is 0 Å². The molecule has 2 heterocycles. The van der Waals surface area contributed by atoms with Gasteiger partial charge >= 0.3 is 0 Å². The first-order valence-electron chi connectivity index (χ1n) is 6.14. The van der Waals surface area contributed by atoms with Crippen molar-refractivity contribution in [3.8, 4) is 0 Å². The summed E-state index contributed by atoms with van der Waals surface area (Å²) in [6.07, 6.45) is 2.84. The van der Waals surface area contributed by atoms with Gasteiger partial charge in [-0.15, -0.1) is 0 Å². The number of nitrogens with one attached hydrogen (secondary N) is 1. The largest absolute Gasteiger partial charge is 0.381 e. The minimum absolute atomic E-state index is 0.407. The van der Waals surface area contributed by atoms with Crippen LogP contribution in [-0.2, 0) is 4.74 Å². The second-order valence-corrected chi connectivity index (χ2v) is 4.36. The second-order valence-electron chi connectivity index (χ2n) is 4.36. The minimum Gasteiger partial charge on any atom is -0.381 e. The lowest BCUT2D eigenvalue weighted by molar-refractivity contribution is 0.193. The zero-order valence-corrected chi connectivity index (χ0v) is 10.0. The summed E-state index contributed by atoms with van der Waals surface area (Å²) in [6.45, 7) is 1.60. The average molecular weight is 241 g/mol. The van der Waals surface area contributed by atoms with E-state index in [2.05, 4.69) is 15.3 Å². The number of nitrogens with zero attached hydrogens (tertiary/aromatic N) is 2. The van der Waals surface area contributed by atoms with Gasteiger partial charge < -0.3 is 10.1 Å². The van der Waals surface area contributed by atoms with E-state index < -0.39 is 0 Å². The van der Waals surface area contributed by atoms with Crippen LogP contribution in [0.1, 0.15) is 18.0 Å². The topological polar surface area (TPSA) is 47.0 Å². The molecule has 4 heteroatoms. The highest BCUT2D eigenvalue weighted by atomic mass is 16.5. The van der Waals surface area contributed by atoms with Gasteiger partial charge in [0.25, 0.3) is 0 Å². The van der Waals surface area contributed by atoms with Gasteiger partial charge in [0.2, 0.25) is 5.95 Å². The Morgan fingerprint density at radius 3 is 2.83 bits per heavy atom. The fourth-order valence-corrected chi connectivity index (χ4v) is 2.08. The maximum Gasteiger partial charge on any atom is 0.227 e. The van der Waals surface area contributed by atoms with E-state index in [1.54, 1.807) is 6.20 Å². The monoisotopic (exact) mass is 241 g/mol. The first-order valence-corrected chi connectivity index (χ1v) is 6.14. The van der Waals surface area contributed by atoms with E-state index in [1.807, 2.05) is 36.4 Å². The molecule has 1 unspecified atom stereocenters. The standard InChI is InChI=1S/C14H15N3O/c1-2-4-12(5-3-1)16-14-15-8-6-13(17-14)11-7-9-18-10-11/h1-6,8,11H,7,9-10H2,(H,15,16,17). The fraction of sp³-hybridized carbons (Fsp3) is 0.286.